The Bertz CT molecular complexity index is 7100. The maximum Gasteiger partial charge on any atom is 0.119 e. The molecule has 0 bridgehead atoms. The van der Waals surface area contributed by atoms with E-state index in [1.165, 1.54) is 144 Å². The third-order valence-electron chi connectivity index (χ3n) is 22.1. The number of hydrogen-bond acceptors (Lipinski definition) is 7. The smallest absolute Gasteiger partial charge is 0.119 e. The average Bonchev–Trinajstić information content (AvgIpc) is 1.60. The Labute approximate surface area is 728 Å². The van der Waals surface area contributed by atoms with Crippen molar-refractivity contribution in [3.8, 4) is 78.1 Å². The van der Waals surface area contributed by atoms with Crippen molar-refractivity contribution in [3.05, 3.63) is 434 Å². The van der Waals surface area contributed by atoms with Crippen LogP contribution in [-0.2, 0) is 0 Å². The van der Waals surface area contributed by atoms with Gasteiger partial charge >= 0.3 is 0 Å². The van der Waals surface area contributed by atoms with Crippen LogP contribution in [0.25, 0.3) is 165 Å². The first-order valence-electron chi connectivity index (χ1n) is 38.5. The molecule has 22 aromatic rings. The molecule has 0 fully saturated rings. The van der Waals surface area contributed by atoms with Crippen LogP contribution in [0.5, 0.6) is 0 Å². The Morgan fingerprint density at radius 1 is 0.248 bits per heavy atom. The van der Waals surface area contributed by atoms with Gasteiger partial charge < -0.3 is 14.5 Å². The van der Waals surface area contributed by atoms with Gasteiger partial charge in [0.05, 0.1) is 45.5 Å². The summed E-state index contributed by atoms with van der Waals surface area (Å²) in [5, 5.41) is 13.7. The summed E-state index contributed by atoms with van der Waals surface area (Å²) in [7, 11) is 0. The average molecular weight is 1830 g/mol. The van der Waals surface area contributed by atoms with E-state index in [2.05, 4.69) is 433 Å². The van der Waals surface area contributed by atoms with Crippen LogP contribution in [0, 0.1) is 0 Å². The summed E-state index contributed by atoms with van der Waals surface area (Å²) in [5.41, 5.74) is 30.8. The molecule has 0 saturated heterocycles. The molecule has 0 atom stereocenters. The molecule has 117 heavy (non-hydrogen) atoms. The van der Waals surface area contributed by atoms with Gasteiger partial charge in [0.25, 0.3) is 0 Å². The summed E-state index contributed by atoms with van der Waals surface area (Å²) in [5.74, 6) is -0.0335. The lowest BCUT2D eigenvalue weighted by Gasteiger charge is -2.21. The van der Waals surface area contributed by atoms with Gasteiger partial charge in [-0.1, -0.05) is 334 Å². The van der Waals surface area contributed by atoms with E-state index in [0.29, 0.717) is 0 Å². The van der Waals surface area contributed by atoms with Crippen LogP contribution < -0.4 is 5.32 Å². The molecule has 0 unspecified atom stereocenters. The lowest BCUT2D eigenvalue weighted by molar-refractivity contribution is 0.986. The Kier molecular flexibility index (Phi) is 21.8. The minimum Gasteiger partial charge on any atom is -0.356 e. The van der Waals surface area contributed by atoms with Gasteiger partial charge in [-0.3, -0.25) is 0 Å². The number of aromatic nitrogens is 6. The quantitative estimate of drug-likeness (QED) is 0.0920. The van der Waals surface area contributed by atoms with Crippen molar-refractivity contribution >= 4 is 186 Å². The summed E-state index contributed by atoms with van der Waals surface area (Å²) >= 11 is 6.11. The van der Waals surface area contributed by atoms with E-state index in [9.17, 15) is 0 Å². The Hall–Kier alpha value is -12.5. The summed E-state index contributed by atoms with van der Waals surface area (Å²) in [6.07, 6.45) is 0. The van der Waals surface area contributed by atoms with Gasteiger partial charge in [0.1, 0.15) is 22.1 Å². The van der Waals surface area contributed by atoms with Gasteiger partial charge in [-0.05, 0) is 189 Å². The van der Waals surface area contributed by atoms with Crippen molar-refractivity contribution in [1.29, 1.82) is 0 Å². The Morgan fingerprint density at radius 2 is 0.564 bits per heavy atom. The first-order valence-corrected chi connectivity index (χ1v) is 40.8. The second kappa shape index (κ2) is 33.7. The number of halogens is 3. The monoisotopic (exact) mass is 1830 g/mol. The van der Waals surface area contributed by atoms with Crippen molar-refractivity contribution in [2.45, 2.75) is 5.92 Å². The Balaban J connectivity index is 0.000000133. The lowest BCUT2D eigenvalue weighted by atomic mass is 9.82. The number of hydrogen-bond donors (Lipinski definition) is 1. The van der Waals surface area contributed by atoms with Crippen molar-refractivity contribution in [2.24, 2.45) is 0 Å². The molecule has 0 aliphatic heterocycles. The van der Waals surface area contributed by atoms with Gasteiger partial charge in [0.15, 0.2) is 0 Å². The number of nitrogens with zero attached hydrogens (tertiary/aromatic N) is 6. The third-order valence-corrected chi connectivity index (χ3v) is 23.8. The number of fused-ring (bicyclic) bond motifs is 12. The van der Waals surface area contributed by atoms with E-state index < -0.39 is 0 Å². The number of para-hydroxylation sites is 2. The third kappa shape index (κ3) is 14.9. The summed E-state index contributed by atoms with van der Waals surface area (Å²) in [6.45, 7) is 0. The van der Waals surface area contributed by atoms with Crippen LogP contribution in [0.3, 0.4) is 0 Å². The van der Waals surface area contributed by atoms with Crippen molar-refractivity contribution in [2.75, 3.05) is 5.32 Å². The van der Waals surface area contributed by atoms with Gasteiger partial charge in [-0.25, -0.2) is 0 Å². The largest absolute Gasteiger partial charge is 0.356 e. The molecule has 560 valence electrons. The van der Waals surface area contributed by atoms with Crippen molar-refractivity contribution in [1.82, 2.24) is 26.6 Å². The van der Waals surface area contributed by atoms with E-state index in [-0.39, 0.29) is 53.9 Å². The molecule has 12 heteroatoms. The molecular weight excluding hydrogens is 1760 g/mol. The minimum atomic E-state index is -0.0335. The maximum absolute atomic E-state index is 4.98. The van der Waals surface area contributed by atoms with E-state index >= 15 is 0 Å². The molecule has 0 radical (unpaired) electrons. The van der Waals surface area contributed by atoms with Gasteiger partial charge in [-0.2, -0.15) is 17.5 Å². The number of rotatable bonds is 13. The molecular formula is C105H72BrI2N7S2. The van der Waals surface area contributed by atoms with Crippen LogP contribution in [-0.4, -0.2) is 26.6 Å². The second-order valence-electron chi connectivity index (χ2n) is 28.8. The normalized spacial score (nSPS) is 11.2. The topological polar surface area (TPSA) is 73.5 Å². The minimum absolute atomic E-state index is 0. The van der Waals surface area contributed by atoms with Crippen LogP contribution in [0.1, 0.15) is 22.6 Å². The van der Waals surface area contributed by atoms with E-state index in [1.54, 1.807) is 0 Å². The highest BCUT2D eigenvalue weighted by molar-refractivity contribution is 14.0. The summed E-state index contributed by atoms with van der Waals surface area (Å²) in [6, 6.07) is 147. The highest BCUT2D eigenvalue weighted by Crippen LogP contribution is 2.44. The highest BCUT2D eigenvalue weighted by atomic mass is 127. The second-order valence-corrected chi connectivity index (χ2v) is 30.7. The molecule has 0 spiro atoms. The summed E-state index contributed by atoms with van der Waals surface area (Å²) < 4.78 is 24.6. The molecule has 0 aliphatic carbocycles. The zero-order valence-electron chi connectivity index (χ0n) is 63.0. The molecule has 22 rings (SSSR count). The molecule has 1 N–H and O–H groups in total. The van der Waals surface area contributed by atoms with E-state index in [4.69, 9.17) is 8.75 Å². The predicted octanol–water partition coefficient (Wildman–Crippen LogP) is 30.5. The maximum atomic E-state index is 4.98. The molecule has 0 saturated carbocycles. The van der Waals surface area contributed by atoms with Gasteiger partial charge in [-0.15, -0.1) is 48.0 Å². The SMILES string of the molecule is Brc1ccc(-c2ccc(-n3c4ccccc4c4c5ccccc5ccc43)cc2)c2nsnc12.I.I.c1ccc(-c2ccc(C(c3ccc(-c4ccccc4)cc3)c3ccc(-c4ccc(-n5c6ccccc6c6c7ccccc7ccc65)cc4)c4nsnc34)cc2)cc1.c1ccc(-c2ccc(Nc3ccc(-c4ccccc4)cc3)cc2)cc1. The molecule has 0 amide bonds. The van der Waals surface area contributed by atoms with Crippen LogP contribution >= 0.6 is 87.3 Å². The Morgan fingerprint density at radius 3 is 0.974 bits per heavy atom. The standard InChI is InChI=1S/C53H35N3S.C28H16BrN3S.C24H19N.2HI/c1-3-11-35(12-4-1)37-19-23-41(24-20-37)50(42-25-21-38(22-26-42)36-13-5-2-6-14-36)47-33-32-45(52-53(47)55-57-54-52)40-27-30-43(31-28-40)56-48-18-10-9-17-46(48)51-44-16-8-7-15-39(44)29-34-49(51)56;29-23-15-14-21(27-28(23)31-33-30-27)18-9-12-19(13-10-18)32-24-8-4-3-7-22(24)26-20-6-2-1-5-17(20)11-16-25(26)32;1-3-7-19(8-4-1)21-11-15-23(16-12-21)25-24-17-13-22(14-18-24)20-9-5-2-6-10-20;;/h1-34,50H;1-16H;1-18,25H;2*1H. The fourth-order valence-corrected chi connectivity index (χ4v) is 18.2. The molecule has 4 heterocycles. The first kappa shape index (κ1) is 75.8. The van der Waals surface area contributed by atoms with Gasteiger partial charge in [0, 0.05) is 65.8 Å². The van der Waals surface area contributed by atoms with Crippen LogP contribution in [0.4, 0.5) is 11.4 Å². The van der Waals surface area contributed by atoms with E-state index in [0.717, 1.165) is 77.1 Å². The van der Waals surface area contributed by atoms with Crippen molar-refractivity contribution in [3.63, 3.8) is 0 Å². The number of nitrogens with one attached hydrogen (secondary N) is 1. The first-order chi connectivity index (χ1) is 57.0. The van der Waals surface area contributed by atoms with Crippen LogP contribution in [0.15, 0.2) is 417 Å². The molecule has 4 aromatic heterocycles. The zero-order valence-corrected chi connectivity index (χ0v) is 70.9. The fraction of sp³-hybridized carbons (Fsp3) is 0.00952. The fourth-order valence-electron chi connectivity index (χ4n) is 16.5. The predicted molar refractivity (Wildman–Crippen MR) is 520 cm³/mol. The highest BCUT2D eigenvalue weighted by Gasteiger charge is 2.25. The lowest BCUT2D eigenvalue weighted by Crippen LogP contribution is -2.05. The van der Waals surface area contributed by atoms with Crippen molar-refractivity contribution < 1.29 is 0 Å². The molecule has 0 aliphatic rings. The van der Waals surface area contributed by atoms with Gasteiger partial charge in [0.2, 0.25) is 0 Å². The number of anilines is 2. The zero-order chi connectivity index (χ0) is 76.5. The van der Waals surface area contributed by atoms with E-state index in [1.807, 2.05) is 18.2 Å². The summed E-state index contributed by atoms with van der Waals surface area (Å²) in [4.78, 5) is 0. The molecule has 7 nitrogen and oxygen atoms in total. The molecule has 18 aromatic carbocycles. The van der Waals surface area contributed by atoms with Crippen LogP contribution in [0.2, 0.25) is 0 Å². The number of benzene rings is 18.